The van der Waals surface area contributed by atoms with Crippen LogP contribution in [-0.2, 0) is 12.5 Å². The third-order valence-electron chi connectivity index (χ3n) is 2.80. The summed E-state index contributed by atoms with van der Waals surface area (Å²) in [6.45, 7) is 2.44. The second kappa shape index (κ2) is 6.51. The highest BCUT2D eigenvalue weighted by molar-refractivity contribution is 6.42. The van der Waals surface area contributed by atoms with E-state index in [0.29, 0.717) is 22.5 Å². The van der Waals surface area contributed by atoms with Crippen molar-refractivity contribution in [1.82, 2.24) is 0 Å². The lowest BCUT2D eigenvalue weighted by Gasteiger charge is -2.13. The Balaban J connectivity index is 2.16. The van der Waals surface area contributed by atoms with Crippen LogP contribution in [0.5, 0.6) is 5.75 Å². The molecule has 100 valence electrons. The van der Waals surface area contributed by atoms with Crippen LogP contribution < -0.4 is 4.74 Å². The maximum absolute atomic E-state index is 5.98. The second-order valence-electron chi connectivity index (χ2n) is 4.23. The van der Waals surface area contributed by atoms with E-state index in [2.05, 4.69) is 0 Å². The first-order valence-corrected chi connectivity index (χ1v) is 7.12. The zero-order chi connectivity index (χ0) is 13.8. The van der Waals surface area contributed by atoms with Gasteiger partial charge in [0, 0.05) is 5.56 Å². The van der Waals surface area contributed by atoms with Crippen molar-refractivity contribution in [2.45, 2.75) is 19.4 Å². The fourth-order valence-corrected chi connectivity index (χ4v) is 2.34. The molecule has 0 spiro atoms. The third-order valence-corrected chi connectivity index (χ3v) is 3.83. The van der Waals surface area contributed by atoms with Crippen LogP contribution in [0, 0.1) is 6.92 Å². The Hall–Kier alpha value is -0.890. The van der Waals surface area contributed by atoms with Crippen molar-refractivity contribution in [1.29, 1.82) is 0 Å². The van der Waals surface area contributed by atoms with Crippen LogP contribution in [0.4, 0.5) is 0 Å². The van der Waals surface area contributed by atoms with Gasteiger partial charge in [0.05, 0.1) is 15.9 Å². The van der Waals surface area contributed by atoms with Crippen molar-refractivity contribution in [3.05, 3.63) is 63.1 Å². The van der Waals surface area contributed by atoms with Gasteiger partial charge in [0.25, 0.3) is 0 Å². The van der Waals surface area contributed by atoms with E-state index in [0.717, 1.165) is 22.4 Å². The number of para-hydroxylation sites is 1. The van der Waals surface area contributed by atoms with Gasteiger partial charge in [-0.1, -0.05) is 47.5 Å². The third kappa shape index (κ3) is 3.56. The lowest BCUT2D eigenvalue weighted by Crippen LogP contribution is -1.99. The minimum absolute atomic E-state index is 0.429. The summed E-state index contributed by atoms with van der Waals surface area (Å²) in [5.41, 5.74) is 3.03. The topological polar surface area (TPSA) is 9.23 Å². The molecule has 0 radical (unpaired) electrons. The fraction of sp³-hybridized carbons (Fsp3) is 0.200. The molecule has 0 atom stereocenters. The Morgan fingerprint density at radius 1 is 1.05 bits per heavy atom. The van der Waals surface area contributed by atoms with Crippen LogP contribution in [0.1, 0.15) is 16.7 Å². The Kier molecular flexibility index (Phi) is 4.98. The molecule has 0 heterocycles. The number of hydrogen-bond acceptors (Lipinski definition) is 1. The van der Waals surface area contributed by atoms with Crippen molar-refractivity contribution in [3.63, 3.8) is 0 Å². The number of ether oxygens (including phenoxy) is 1. The Morgan fingerprint density at radius 3 is 2.53 bits per heavy atom. The van der Waals surface area contributed by atoms with E-state index in [9.17, 15) is 0 Å². The van der Waals surface area contributed by atoms with Crippen LogP contribution >= 0.6 is 34.8 Å². The summed E-state index contributed by atoms with van der Waals surface area (Å²) in [6.07, 6.45) is 0. The number of benzene rings is 2. The molecule has 0 aliphatic carbocycles. The lowest BCUT2D eigenvalue weighted by atomic mass is 10.1. The molecule has 19 heavy (non-hydrogen) atoms. The van der Waals surface area contributed by atoms with E-state index in [1.54, 1.807) is 6.07 Å². The predicted molar refractivity (Wildman–Crippen MR) is 81.5 cm³/mol. The molecule has 2 aromatic rings. The molecule has 0 amide bonds. The van der Waals surface area contributed by atoms with Gasteiger partial charge in [-0.05, 0) is 30.2 Å². The molecule has 2 rings (SSSR count). The first-order valence-electron chi connectivity index (χ1n) is 5.83. The zero-order valence-corrected chi connectivity index (χ0v) is 12.7. The molecular formula is C15H13Cl3O. The van der Waals surface area contributed by atoms with Crippen LogP contribution in [0.2, 0.25) is 10.0 Å². The van der Waals surface area contributed by atoms with Crippen LogP contribution in [-0.4, -0.2) is 0 Å². The van der Waals surface area contributed by atoms with E-state index in [4.69, 9.17) is 39.5 Å². The van der Waals surface area contributed by atoms with Gasteiger partial charge in [-0.2, -0.15) is 0 Å². The quantitative estimate of drug-likeness (QED) is 0.665. The Bertz CT molecular complexity index is 582. The van der Waals surface area contributed by atoms with Gasteiger partial charge in [-0.25, -0.2) is 0 Å². The number of aryl methyl sites for hydroxylation is 1. The van der Waals surface area contributed by atoms with Crippen molar-refractivity contribution < 1.29 is 4.74 Å². The molecule has 0 aliphatic rings. The number of halogens is 3. The summed E-state index contributed by atoms with van der Waals surface area (Å²) >= 11 is 17.8. The van der Waals surface area contributed by atoms with Crippen molar-refractivity contribution in [2.24, 2.45) is 0 Å². The standard InChI is InChI=1S/C15H13Cl3O/c1-10-3-2-4-12(8-16)15(10)19-9-11-5-6-13(17)14(18)7-11/h2-7H,8-9H2,1H3. The van der Waals surface area contributed by atoms with E-state index in [1.165, 1.54) is 0 Å². The van der Waals surface area contributed by atoms with Gasteiger partial charge < -0.3 is 4.74 Å². The molecule has 4 heteroatoms. The average molecular weight is 316 g/mol. The SMILES string of the molecule is Cc1cccc(CCl)c1OCc1ccc(Cl)c(Cl)c1. The summed E-state index contributed by atoms with van der Waals surface area (Å²) in [4.78, 5) is 0. The summed E-state index contributed by atoms with van der Waals surface area (Å²) in [6, 6.07) is 11.4. The highest BCUT2D eigenvalue weighted by Gasteiger charge is 2.07. The van der Waals surface area contributed by atoms with Crippen LogP contribution in [0.3, 0.4) is 0 Å². The highest BCUT2D eigenvalue weighted by atomic mass is 35.5. The predicted octanol–water partition coefficient (Wildman–Crippen LogP) is 5.62. The largest absolute Gasteiger partial charge is 0.488 e. The monoisotopic (exact) mass is 314 g/mol. The Labute approximate surface area is 128 Å². The number of hydrogen-bond donors (Lipinski definition) is 0. The molecular weight excluding hydrogens is 303 g/mol. The Morgan fingerprint density at radius 2 is 1.84 bits per heavy atom. The smallest absolute Gasteiger partial charge is 0.127 e. The minimum atomic E-state index is 0.429. The highest BCUT2D eigenvalue weighted by Crippen LogP contribution is 2.27. The van der Waals surface area contributed by atoms with Crippen molar-refractivity contribution >= 4 is 34.8 Å². The van der Waals surface area contributed by atoms with Gasteiger partial charge in [0.2, 0.25) is 0 Å². The van der Waals surface area contributed by atoms with Gasteiger partial charge in [-0.3, -0.25) is 0 Å². The van der Waals surface area contributed by atoms with E-state index in [1.807, 2.05) is 37.3 Å². The normalized spacial score (nSPS) is 10.5. The number of rotatable bonds is 4. The van der Waals surface area contributed by atoms with Crippen molar-refractivity contribution in [2.75, 3.05) is 0 Å². The maximum Gasteiger partial charge on any atom is 0.127 e. The van der Waals surface area contributed by atoms with E-state index < -0.39 is 0 Å². The molecule has 0 saturated heterocycles. The summed E-state index contributed by atoms with van der Waals surface area (Å²) in [5.74, 6) is 1.27. The average Bonchev–Trinajstić information content (AvgIpc) is 2.41. The second-order valence-corrected chi connectivity index (χ2v) is 5.32. The lowest BCUT2D eigenvalue weighted by molar-refractivity contribution is 0.301. The molecule has 0 fully saturated rings. The van der Waals surface area contributed by atoms with Crippen molar-refractivity contribution in [3.8, 4) is 5.75 Å². The summed E-state index contributed by atoms with van der Waals surface area (Å²) < 4.78 is 5.85. The molecule has 0 aliphatic heterocycles. The van der Waals surface area contributed by atoms with Gasteiger partial charge in [0.15, 0.2) is 0 Å². The first-order chi connectivity index (χ1) is 9.11. The molecule has 1 nitrogen and oxygen atoms in total. The van der Waals surface area contributed by atoms with Gasteiger partial charge in [-0.15, -0.1) is 11.6 Å². The van der Waals surface area contributed by atoms with Gasteiger partial charge >= 0.3 is 0 Å². The fourth-order valence-electron chi connectivity index (χ4n) is 1.81. The molecule has 0 unspecified atom stereocenters. The maximum atomic E-state index is 5.98. The first kappa shape index (κ1) is 14.5. The van der Waals surface area contributed by atoms with E-state index in [-0.39, 0.29) is 0 Å². The minimum Gasteiger partial charge on any atom is -0.488 e. The number of alkyl halides is 1. The molecule has 0 bridgehead atoms. The van der Waals surface area contributed by atoms with Gasteiger partial charge in [0.1, 0.15) is 12.4 Å². The van der Waals surface area contributed by atoms with E-state index >= 15 is 0 Å². The summed E-state index contributed by atoms with van der Waals surface area (Å²) in [5, 5.41) is 1.08. The zero-order valence-electron chi connectivity index (χ0n) is 10.4. The molecule has 0 saturated carbocycles. The molecule has 2 aromatic carbocycles. The molecule has 0 aromatic heterocycles. The summed E-state index contributed by atoms with van der Waals surface area (Å²) in [7, 11) is 0. The molecule has 0 N–H and O–H groups in total. The van der Waals surface area contributed by atoms with Crippen LogP contribution in [0.15, 0.2) is 36.4 Å². The van der Waals surface area contributed by atoms with Crippen LogP contribution in [0.25, 0.3) is 0 Å².